The molecule has 1 aromatic rings. The number of piperazine rings is 1. The van der Waals surface area contributed by atoms with E-state index in [4.69, 9.17) is 16.7 Å². The summed E-state index contributed by atoms with van der Waals surface area (Å²) >= 11 is 6.01. The molecule has 1 aliphatic carbocycles. The van der Waals surface area contributed by atoms with Gasteiger partial charge in [0.05, 0.1) is 19.1 Å². The molecule has 3 rings (SSSR count). The molecule has 2 fully saturated rings. The van der Waals surface area contributed by atoms with Crippen molar-refractivity contribution in [1.82, 2.24) is 25.4 Å². The molecule has 1 aromatic heterocycles. The fourth-order valence-electron chi connectivity index (χ4n) is 4.43. The van der Waals surface area contributed by atoms with Gasteiger partial charge in [0, 0.05) is 32.7 Å². The standard InChI is InChI=1S/C20H31ClFN7O4/c21-20-23-17(16(22)18(24-20)28-7-5-27(6-8-28)9-10-30)25-26-19(32)15(12-29(33)13-31)11-14-3-1-2-4-14/h13-15,30,33H,1-12H2,(H,26,32)(H,23,24,25)/t15-/m1/s1. The molecule has 0 aromatic carbocycles. The van der Waals surface area contributed by atoms with E-state index in [2.05, 4.69) is 25.7 Å². The summed E-state index contributed by atoms with van der Waals surface area (Å²) in [4.78, 5) is 35.3. The minimum Gasteiger partial charge on any atom is -0.395 e. The van der Waals surface area contributed by atoms with Crippen LogP contribution in [0.25, 0.3) is 0 Å². The predicted molar refractivity (Wildman–Crippen MR) is 119 cm³/mol. The molecule has 1 aliphatic heterocycles. The lowest BCUT2D eigenvalue weighted by Crippen LogP contribution is -2.48. The maximum atomic E-state index is 15.1. The first-order valence-electron chi connectivity index (χ1n) is 11.2. The van der Waals surface area contributed by atoms with E-state index in [0.717, 1.165) is 25.7 Å². The van der Waals surface area contributed by atoms with Crippen LogP contribution in [-0.4, -0.2) is 88.4 Å². The Kier molecular flexibility index (Phi) is 9.41. The molecule has 1 saturated heterocycles. The maximum absolute atomic E-state index is 15.1. The molecule has 4 N–H and O–H groups in total. The Morgan fingerprint density at radius 1 is 1.27 bits per heavy atom. The fraction of sp³-hybridized carbons (Fsp3) is 0.700. The number of aliphatic hydroxyl groups excluding tert-OH is 1. The second-order valence-electron chi connectivity index (χ2n) is 8.46. The average Bonchev–Trinajstić information content (AvgIpc) is 3.32. The second kappa shape index (κ2) is 12.3. The second-order valence-corrected chi connectivity index (χ2v) is 8.79. The minimum atomic E-state index is -0.751. The van der Waals surface area contributed by atoms with Gasteiger partial charge >= 0.3 is 0 Å². The number of amides is 2. The van der Waals surface area contributed by atoms with E-state index < -0.39 is 17.6 Å². The van der Waals surface area contributed by atoms with E-state index in [9.17, 15) is 14.8 Å². The maximum Gasteiger partial charge on any atom is 0.243 e. The number of hydrogen-bond donors (Lipinski definition) is 4. The van der Waals surface area contributed by atoms with E-state index in [1.807, 2.05) is 0 Å². The number of hydrazine groups is 1. The summed E-state index contributed by atoms with van der Waals surface area (Å²) in [7, 11) is 0. The highest BCUT2D eigenvalue weighted by atomic mass is 35.5. The van der Waals surface area contributed by atoms with Crippen LogP contribution in [0.5, 0.6) is 0 Å². The van der Waals surface area contributed by atoms with E-state index in [0.29, 0.717) is 50.1 Å². The molecular weight excluding hydrogens is 457 g/mol. The van der Waals surface area contributed by atoms with Gasteiger partial charge in [-0.25, -0.2) is 5.06 Å². The summed E-state index contributed by atoms with van der Waals surface area (Å²) in [5, 5.41) is 18.9. The number of anilines is 2. The topological polar surface area (TPSA) is 134 Å². The van der Waals surface area contributed by atoms with Gasteiger partial charge in [-0.2, -0.15) is 14.4 Å². The van der Waals surface area contributed by atoms with Crippen molar-refractivity contribution in [3.63, 3.8) is 0 Å². The Morgan fingerprint density at radius 2 is 1.97 bits per heavy atom. The summed E-state index contributed by atoms with van der Waals surface area (Å²) in [5.74, 6) is -1.82. The normalized spacial score (nSPS) is 18.2. The molecule has 0 bridgehead atoms. The van der Waals surface area contributed by atoms with Gasteiger partial charge in [0.2, 0.25) is 23.4 Å². The number of rotatable bonds is 11. The quantitative estimate of drug-likeness (QED) is 0.155. The van der Waals surface area contributed by atoms with E-state index >= 15 is 4.39 Å². The number of hydroxylamine groups is 2. The number of aromatic nitrogens is 2. The molecule has 13 heteroatoms. The first kappa shape index (κ1) is 25.3. The Morgan fingerprint density at radius 3 is 2.61 bits per heavy atom. The molecule has 1 saturated carbocycles. The van der Waals surface area contributed by atoms with Crippen molar-refractivity contribution < 1.29 is 24.3 Å². The number of carbonyl (C=O) groups excluding carboxylic acids is 2. The molecule has 33 heavy (non-hydrogen) atoms. The summed E-state index contributed by atoms with van der Waals surface area (Å²) in [6, 6.07) is 0. The third-order valence-corrected chi connectivity index (χ3v) is 6.36. The van der Waals surface area contributed by atoms with Gasteiger partial charge in [-0.3, -0.25) is 30.5 Å². The highest BCUT2D eigenvalue weighted by Crippen LogP contribution is 2.31. The molecule has 2 heterocycles. The predicted octanol–water partition coefficient (Wildman–Crippen LogP) is 0.871. The number of halogens is 2. The van der Waals surface area contributed by atoms with Gasteiger partial charge in [0.15, 0.2) is 11.6 Å². The molecule has 2 amide bonds. The number of nitrogens with one attached hydrogen (secondary N) is 2. The van der Waals surface area contributed by atoms with Crippen molar-refractivity contribution in [2.45, 2.75) is 32.1 Å². The van der Waals surface area contributed by atoms with E-state index in [-0.39, 0.29) is 36.5 Å². The van der Waals surface area contributed by atoms with E-state index in [1.54, 1.807) is 4.90 Å². The molecule has 11 nitrogen and oxygen atoms in total. The van der Waals surface area contributed by atoms with Crippen LogP contribution in [0, 0.1) is 17.7 Å². The number of β-amino-alcohol motifs (C(OH)–C–C–N with tert-alkyl or cyclic N) is 1. The van der Waals surface area contributed by atoms with Gasteiger partial charge in [-0.15, -0.1) is 0 Å². The van der Waals surface area contributed by atoms with Gasteiger partial charge < -0.3 is 10.0 Å². The Bertz CT molecular complexity index is 807. The zero-order chi connectivity index (χ0) is 23.8. The molecule has 0 spiro atoms. The van der Waals surface area contributed by atoms with Crippen molar-refractivity contribution in [3.8, 4) is 0 Å². The van der Waals surface area contributed by atoms with Crippen LogP contribution in [-0.2, 0) is 9.59 Å². The van der Waals surface area contributed by atoms with Crippen molar-refractivity contribution in [2.24, 2.45) is 11.8 Å². The van der Waals surface area contributed by atoms with Crippen LogP contribution in [0.3, 0.4) is 0 Å². The summed E-state index contributed by atoms with van der Waals surface area (Å²) in [6.07, 6.45) is 4.93. The monoisotopic (exact) mass is 487 g/mol. The summed E-state index contributed by atoms with van der Waals surface area (Å²) in [6.45, 7) is 2.72. The van der Waals surface area contributed by atoms with Crippen molar-refractivity contribution in [1.29, 1.82) is 0 Å². The van der Waals surface area contributed by atoms with Crippen LogP contribution in [0.15, 0.2) is 0 Å². The lowest BCUT2D eigenvalue weighted by atomic mass is 9.92. The molecule has 184 valence electrons. The number of hydrogen-bond acceptors (Lipinski definition) is 9. The van der Waals surface area contributed by atoms with Gasteiger partial charge in [-0.1, -0.05) is 25.7 Å². The number of carbonyl (C=O) groups is 2. The molecule has 2 aliphatic rings. The smallest absolute Gasteiger partial charge is 0.243 e. The van der Waals surface area contributed by atoms with Crippen LogP contribution >= 0.6 is 11.6 Å². The minimum absolute atomic E-state index is 0.0281. The lowest BCUT2D eigenvalue weighted by Gasteiger charge is -2.35. The molecular formula is C20H31ClFN7O4. The van der Waals surface area contributed by atoms with Gasteiger partial charge in [0.25, 0.3) is 0 Å². The third-order valence-electron chi connectivity index (χ3n) is 6.19. The Labute approximate surface area is 196 Å². The highest BCUT2D eigenvalue weighted by molar-refractivity contribution is 6.28. The van der Waals surface area contributed by atoms with Gasteiger partial charge in [-0.05, 0) is 23.9 Å². The van der Waals surface area contributed by atoms with Crippen LogP contribution < -0.4 is 15.8 Å². The zero-order valence-corrected chi connectivity index (χ0v) is 19.2. The Balaban J connectivity index is 1.65. The molecule has 1 atom stereocenters. The van der Waals surface area contributed by atoms with Crippen LogP contribution in [0.4, 0.5) is 16.0 Å². The number of aliphatic hydroxyl groups is 1. The van der Waals surface area contributed by atoms with Crippen LogP contribution in [0.1, 0.15) is 32.1 Å². The largest absolute Gasteiger partial charge is 0.395 e. The van der Waals surface area contributed by atoms with Crippen molar-refractivity contribution >= 4 is 35.6 Å². The van der Waals surface area contributed by atoms with Crippen molar-refractivity contribution in [3.05, 3.63) is 11.1 Å². The molecule has 0 unspecified atom stereocenters. The highest BCUT2D eigenvalue weighted by Gasteiger charge is 2.28. The van der Waals surface area contributed by atoms with Gasteiger partial charge in [0.1, 0.15) is 0 Å². The number of nitrogens with zero attached hydrogens (tertiary/aromatic N) is 5. The zero-order valence-electron chi connectivity index (χ0n) is 18.4. The summed E-state index contributed by atoms with van der Waals surface area (Å²) in [5.41, 5.74) is 4.93. The average molecular weight is 488 g/mol. The SMILES string of the molecule is O=CN(O)C[C@@H](CC1CCCC1)C(=O)NNc1nc(Cl)nc(N2CCN(CCO)CC2)c1F. The van der Waals surface area contributed by atoms with Crippen LogP contribution in [0.2, 0.25) is 5.28 Å². The third kappa shape index (κ3) is 7.10. The first-order valence-corrected chi connectivity index (χ1v) is 11.6. The first-order chi connectivity index (χ1) is 15.9. The summed E-state index contributed by atoms with van der Waals surface area (Å²) < 4.78 is 15.1. The Hall–Kier alpha value is -2.28. The fourth-order valence-corrected chi connectivity index (χ4v) is 4.59. The van der Waals surface area contributed by atoms with E-state index in [1.165, 1.54) is 0 Å². The lowest BCUT2D eigenvalue weighted by molar-refractivity contribution is -0.154. The molecule has 0 radical (unpaired) electrons. The van der Waals surface area contributed by atoms with Crippen molar-refractivity contribution in [2.75, 3.05) is 56.2 Å².